The fraction of sp³-hybridized carbons (Fsp3) is 0. The summed E-state index contributed by atoms with van der Waals surface area (Å²) in [5.41, 5.74) is 9.46. The maximum absolute atomic E-state index is 5.18. The van der Waals surface area contributed by atoms with Gasteiger partial charge in [-0.15, -0.1) is 0 Å². The Kier molecular flexibility index (Phi) is 6.84. The second-order valence-corrected chi connectivity index (χ2v) is 12.2. The van der Waals surface area contributed by atoms with Crippen LogP contribution in [-0.4, -0.2) is 9.97 Å². The Morgan fingerprint density at radius 1 is 0.229 bits per heavy atom. The molecule has 1 heterocycles. The molecule has 0 fully saturated rings. The van der Waals surface area contributed by atoms with Gasteiger partial charge in [0.1, 0.15) is 0 Å². The zero-order valence-corrected chi connectivity index (χ0v) is 26.2. The van der Waals surface area contributed by atoms with Gasteiger partial charge < -0.3 is 0 Å². The third-order valence-corrected chi connectivity index (χ3v) is 9.24. The van der Waals surface area contributed by atoms with Crippen LogP contribution in [0.2, 0.25) is 0 Å². The summed E-state index contributed by atoms with van der Waals surface area (Å²) < 4.78 is 0. The van der Waals surface area contributed by atoms with Crippen molar-refractivity contribution in [3.8, 4) is 56.2 Å². The summed E-state index contributed by atoms with van der Waals surface area (Å²) in [6, 6.07) is 64.5. The molecule has 1 aromatic heterocycles. The summed E-state index contributed by atoms with van der Waals surface area (Å²) in [6.07, 6.45) is 0. The minimum absolute atomic E-state index is 0.700. The van der Waals surface area contributed by atoms with Crippen LogP contribution in [0.4, 0.5) is 0 Å². The van der Waals surface area contributed by atoms with Crippen LogP contribution in [0.5, 0.6) is 0 Å². The molecule has 0 saturated heterocycles. The van der Waals surface area contributed by atoms with Crippen LogP contribution in [0.15, 0.2) is 182 Å². The van der Waals surface area contributed by atoms with E-state index in [9.17, 15) is 0 Å². The molecule has 0 aliphatic rings. The molecule has 2 heteroatoms. The van der Waals surface area contributed by atoms with Crippen molar-refractivity contribution in [2.75, 3.05) is 0 Å². The molecular formula is C46H30N2. The first-order valence-electron chi connectivity index (χ1n) is 16.3. The summed E-state index contributed by atoms with van der Waals surface area (Å²) in [7, 11) is 0. The molecule has 0 N–H and O–H groups in total. The maximum Gasteiger partial charge on any atom is 0.160 e. The number of aromatic nitrogens is 2. The fourth-order valence-electron chi connectivity index (χ4n) is 6.90. The van der Waals surface area contributed by atoms with Crippen LogP contribution in [0.25, 0.3) is 88.5 Å². The van der Waals surface area contributed by atoms with Gasteiger partial charge in [-0.25, -0.2) is 9.97 Å². The van der Waals surface area contributed by atoms with Crippen molar-refractivity contribution in [3.05, 3.63) is 182 Å². The number of fused-ring (bicyclic) bond motifs is 6. The van der Waals surface area contributed by atoms with Crippen LogP contribution in [0.1, 0.15) is 0 Å². The van der Waals surface area contributed by atoms with E-state index >= 15 is 0 Å². The van der Waals surface area contributed by atoms with Gasteiger partial charge in [-0.3, -0.25) is 0 Å². The van der Waals surface area contributed by atoms with Gasteiger partial charge in [0.15, 0.2) is 5.82 Å². The second-order valence-electron chi connectivity index (χ2n) is 12.2. The lowest BCUT2D eigenvalue weighted by molar-refractivity contribution is 1.18. The van der Waals surface area contributed by atoms with E-state index in [-0.39, 0.29) is 0 Å². The summed E-state index contributed by atoms with van der Waals surface area (Å²) in [5.74, 6) is 0.700. The van der Waals surface area contributed by atoms with E-state index in [1.54, 1.807) is 0 Å². The first-order valence-corrected chi connectivity index (χ1v) is 16.3. The highest BCUT2D eigenvalue weighted by Crippen LogP contribution is 2.39. The van der Waals surface area contributed by atoms with Crippen LogP contribution in [-0.2, 0) is 0 Å². The van der Waals surface area contributed by atoms with Gasteiger partial charge in [0.2, 0.25) is 0 Å². The Labute approximate surface area is 279 Å². The number of hydrogen-bond acceptors (Lipinski definition) is 2. The van der Waals surface area contributed by atoms with Gasteiger partial charge in [0.05, 0.1) is 11.4 Å². The first-order chi connectivity index (χ1) is 23.8. The van der Waals surface area contributed by atoms with Crippen molar-refractivity contribution < 1.29 is 0 Å². The highest BCUT2D eigenvalue weighted by molar-refractivity contribution is 6.25. The van der Waals surface area contributed by atoms with E-state index in [1.807, 2.05) is 12.1 Å². The molecule has 8 aromatic carbocycles. The van der Waals surface area contributed by atoms with E-state index in [0.717, 1.165) is 50.3 Å². The van der Waals surface area contributed by atoms with Gasteiger partial charge in [0, 0.05) is 16.7 Å². The van der Waals surface area contributed by atoms with E-state index in [1.165, 1.54) is 32.3 Å². The van der Waals surface area contributed by atoms with Crippen LogP contribution < -0.4 is 0 Å². The van der Waals surface area contributed by atoms with Gasteiger partial charge in [-0.1, -0.05) is 152 Å². The highest BCUT2D eigenvalue weighted by atomic mass is 14.9. The minimum Gasteiger partial charge on any atom is -0.228 e. The molecule has 2 nitrogen and oxygen atoms in total. The Hall–Kier alpha value is -6.38. The summed E-state index contributed by atoms with van der Waals surface area (Å²) >= 11 is 0. The lowest BCUT2D eigenvalue weighted by Gasteiger charge is -2.14. The van der Waals surface area contributed by atoms with Crippen molar-refractivity contribution in [3.63, 3.8) is 0 Å². The topological polar surface area (TPSA) is 25.8 Å². The first kappa shape index (κ1) is 27.9. The van der Waals surface area contributed by atoms with Gasteiger partial charge >= 0.3 is 0 Å². The Balaban J connectivity index is 1.29. The van der Waals surface area contributed by atoms with Crippen LogP contribution >= 0.6 is 0 Å². The minimum atomic E-state index is 0.700. The lowest BCUT2D eigenvalue weighted by atomic mass is 9.90. The normalized spacial score (nSPS) is 11.3. The standard InChI is InChI=1S/C46H30N2/c1-4-14-31(15-5-1)35-26-36(34-24-25-42-40-22-11-10-20-38(40)39-21-12-13-23-41(39)43(42)29-34)28-37(27-35)46-47-44(32-16-6-2-7-17-32)30-45(48-46)33-18-8-3-9-19-33/h1-30H. The van der Waals surface area contributed by atoms with Gasteiger partial charge in [-0.2, -0.15) is 0 Å². The summed E-state index contributed by atoms with van der Waals surface area (Å²) in [4.78, 5) is 10.4. The molecule has 0 amide bonds. The fourth-order valence-corrected chi connectivity index (χ4v) is 6.90. The largest absolute Gasteiger partial charge is 0.228 e. The van der Waals surface area contributed by atoms with E-state index in [0.29, 0.717) is 5.82 Å². The highest BCUT2D eigenvalue weighted by Gasteiger charge is 2.15. The summed E-state index contributed by atoms with van der Waals surface area (Å²) in [5, 5.41) is 7.61. The van der Waals surface area contributed by atoms with Crippen molar-refractivity contribution in [1.82, 2.24) is 9.97 Å². The number of benzene rings is 8. The number of nitrogens with zero attached hydrogens (tertiary/aromatic N) is 2. The molecule has 0 spiro atoms. The van der Waals surface area contributed by atoms with Gasteiger partial charge in [0.25, 0.3) is 0 Å². The summed E-state index contributed by atoms with van der Waals surface area (Å²) in [6.45, 7) is 0. The Bertz CT molecular complexity index is 2500. The van der Waals surface area contributed by atoms with E-state index in [4.69, 9.17) is 9.97 Å². The average Bonchev–Trinajstić information content (AvgIpc) is 3.18. The zero-order valence-electron chi connectivity index (χ0n) is 26.2. The van der Waals surface area contributed by atoms with Crippen molar-refractivity contribution >= 4 is 32.3 Å². The third kappa shape index (κ3) is 5.01. The Morgan fingerprint density at radius 3 is 1.15 bits per heavy atom. The molecule has 48 heavy (non-hydrogen) atoms. The molecule has 0 aliphatic carbocycles. The molecule has 0 aliphatic heterocycles. The lowest BCUT2D eigenvalue weighted by Crippen LogP contribution is -1.97. The third-order valence-electron chi connectivity index (χ3n) is 9.24. The SMILES string of the molecule is c1ccc(-c2cc(-c3ccc4c5ccccc5c5ccccc5c4c3)cc(-c3nc(-c4ccccc4)cc(-c4ccccc4)n3)c2)cc1. The molecule has 0 saturated carbocycles. The predicted molar refractivity (Wildman–Crippen MR) is 202 cm³/mol. The molecular weight excluding hydrogens is 581 g/mol. The Morgan fingerprint density at radius 2 is 0.625 bits per heavy atom. The molecule has 9 rings (SSSR count). The molecule has 0 unspecified atom stereocenters. The smallest absolute Gasteiger partial charge is 0.160 e. The van der Waals surface area contributed by atoms with Crippen LogP contribution in [0, 0.1) is 0 Å². The van der Waals surface area contributed by atoms with E-state index in [2.05, 4.69) is 170 Å². The molecule has 0 bridgehead atoms. The zero-order chi connectivity index (χ0) is 31.9. The van der Waals surface area contributed by atoms with Crippen molar-refractivity contribution in [2.24, 2.45) is 0 Å². The molecule has 224 valence electrons. The quantitative estimate of drug-likeness (QED) is 0.181. The van der Waals surface area contributed by atoms with Crippen molar-refractivity contribution in [2.45, 2.75) is 0 Å². The molecule has 9 aromatic rings. The van der Waals surface area contributed by atoms with Crippen molar-refractivity contribution in [1.29, 1.82) is 0 Å². The average molecular weight is 611 g/mol. The number of rotatable bonds is 5. The predicted octanol–water partition coefficient (Wildman–Crippen LogP) is 12.3. The van der Waals surface area contributed by atoms with E-state index < -0.39 is 0 Å². The second kappa shape index (κ2) is 11.8. The van der Waals surface area contributed by atoms with Gasteiger partial charge in [-0.05, 0) is 84.9 Å². The maximum atomic E-state index is 5.18. The monoisotopic (exact) mass is 610 g/mol. The molecule has 0 atom stereocenters. The molecule has 0 radical (unpaired) electrons. The van der Waals surface area contributed by atoms with Crippen LogP contribution in [0.3, 0.4) is 0 Å². The number of hydrogen-bond donors (Lipinski definition) is 0.